The molecule has 0 bridgehead atoms. The van der Waals surface area contributed by atoms with Crippen molar-refractivity contribution in [2.75, 3.05) is 20.6 Å². The molecule has 0 aromatic heterocycles. The SMILES string of the molecule is CN(C)Cc1ccccc1CNC(=O)[C@@H]1CCC[C@@H]1CN. The number of hydrogen-bond acceptors (Lipinski definition) is 3. The largest absolute Gasteiger partial charge is 0.352 e. The summed E-state index contributed by atoms with van der Waals surface area (Å²) in [6, 6.07) is 8.29. The van der Waals surface area contributed by atoms with Crippen molar-refractivity contribution in [2.24, 2.45) is 17.6 Å². The lowest BCUT2D eigenvalue weighted by Gasteiger charge is -2.19. The number of carbonyl (C=O) groups excluding carboxylic acids is 1. The van der Waals surface area contributed by atoms with E-state index in [1.165, 1.54) is 11.1 Å². The first-order chi connectivity index (χ1) is 10.1. The average molecular weight is 289 g/mol. The topological polar surface area (TPSA) is 58.4 Å². The molecule has 4 heteroatoms. The number of carbonyl (C=O) groups is 1. The van der Waals surface area contributed by atoms with Crippen molar-refractivity contribution >= 4 is 5.91 Å². The molecule has 1 aliphatic rings. The van der Waals surface area contributed by atoms with Crippen LogP contribution >= 0.6 is 0 Å². The second kappa shape index (κ2) is 7.57. The molecule has 3 N–H and O–H groups in total. The normalized spacial score (nSPS) is 21.7. The summed E-state index contributed by atoms with van der Waals surface area (Å²) in [6.07, 6.45) is 3.19. The molecule has 0 radical (unpaired) electrons. The molecule has 116 valence electrons. The maximum absolute atomic E-state index is 12.3. The number of nitrogens with zero attached hydrogens (tertiary/aromatic N) is 1. The van der Waals surface area contributed by atoms with E-state index in [4.69, 9.17) is 5.73 Å². The van der Waals surface area contributed by atoms with Crippen LogP contribution in [0.25, 0.3) is 0 Å². The van der Waals surface area contributed by atoms with Crippen molar-refractivity contribution in [3.8, 4) is 0 Å². The molecule has 0 saturated heterocycles. The Kier molecular flexibility index (Phi) is 5.76. The zero-order valence-corrected chi connectivity index (χ0v) is 13.1. The Hall–Kier alpha value is -1.39. The molecule has 4 nitrogen and oxygen atoms in total. The predicted octanol–water partition coefficient (Wildman–Crippen LogP) is 1.74. The first kappa shape index (κ1) is 16.0. The third kappa shape index (κ3) is 4.29. The van der Waals surface area contributed by atoms with Gasteiger partial charge >= 0.3 is 0 Å². The Labute approximate surface area is 127 Å². The molecule has 2 rings (SSSR count). The second-order valence-electron chi connectivity index (χ2n) is 6.26. The van der Waals surface area contributed by atoms with Gasteiger partial charge in [0.2, 0.25) is 5.91 Å². The molecule has 1 aliphatic carbocycles. The van der Waals surface area contributed by atoms with Crippen molar-refractivity contribution in [3.63, 3.8) is 0 Å². The van der Waals surface area contributed by atoms with E-state index in [9.17, 15) is 4.79 Å². The molecule has 21 heavy (non-hydrogen) atoms. The van der Waals surface area contributed by atoms with Gasteiger partial charge in [-0.15, -0.1) is 0 Å². The van der Waals surface area contributed by atoms with Crippen molar-refractivity contribution in [1.82, 2.24) is 10.2 Å². The van der Waals surface area contributed by atoms with Crippen molar-refractivity contribution in [2.45, 2.75) is 32.4 Å². The quantitative estimate of drug-likeness (QED) is 0.838. The number of hydrogen-bond donors (Lipinski definition) is 2. The lowest BCUT2D eigenvalue weighted by Crippen LogP contribution is -2.35. The van der Waals surface area contributed by atoms with Crippen LogP contribution < -0.4 is 11.1 Å². The van der Waals surface area contributed by atoms with Crippen LogP contribution in [-0.2, 0) is 17.9 Å². The van der Waals surface area contributed by atoms with Gasteiger partial charge in [-0.3, -0.25) is 4.79 Å². The number of benzene rings is 1. The minimum absolute atomic E-state index is 0.107. The molecule has 1 fully saturated rings. The standard InChI is InChI=1S/C17H27N3O/c1-20(2)12-15-7-4-3-6-14(15)11-19-17(21)16-9-5-8-13(16)10-18/h3-4,6-7,13,16H,5,8-12,18H2,1-2H3,(H,19,21)/t13-,16-/m1/s1. The molecule has 0 unspecified atom stereocenters. The molecule has 1 amide bonds. The summed E-state index contributed by atoms with van der Waals surface area (Å²) in [7, 11) is 4.11. The Morgan fingerprint density at radius 2 is 2.00 bits per heavy atom. The Bertz CT molecular complexity index is 473. The van der Waals surface area contributed by atoms with Gasteiger partial charge in [0, 0.05) is 19.0 Å². The van der Waals surface area contributed by atoms with Gasteiger partial charge in [0.05, 0.1) is 0 Å². The van der Waals surface area contributed by atoms with Gasteiger partial charge in [0.15, 0.2) is 0 Å². The summed E-state index contributed by atoms with van der Waals surface area (Å²) in [5.74, 6) is 0.639. The first-order valence-electron chi connectivity index (χ1n) is 7.81. The van der Waals surface area contributed by atoms with Crippen LogP contribution in [0.4, 0.5) is 0 Å². The van der Waals surface area contributed by atoms with Crippen molar-refractivity contribution in [3.05, 3.63) is 35.4 Å². The van der Waals surface area contributed by atoms with E-state index < -0.39 is 0 Å². The van der Waals surface area contributed by atoms with E-state index in [2.05, 4.69) is 36.4 Å². The number of nitrogens with one attached hydrogen (secondary N) is 1. The van der Waals surface area contributed by atoms with Crippen LogP contribution in [0.15, 0.2) is 24.3 Å². The minimum Gasteiger partial charge on any atom is -0.352 e. The van der Waals surface area contributed by atoms with Gasteiger partial charge in [0.1, 0.15) is 0 Å². The van der Waals surface area contributed by atoms with E-state index >= 15 is 0 Å². The minimum atomic E-state index is 0.107. The van der Waals surface area contributed by atoms with E-state index in [1.807, 2.05) is 12.1 Å². The third-order valence-corrected chi connectivity index (χ3v) is 4.36. The second-order valence-corrected chi connectivity index (χ2v) is 6.26. The third-order valence-electron chi connectivity index (χ3n) is 4.36. The highest BCUT2D eigenvalue weighted by atomic mass is 16.1. The van der Waals surface area contributed by atoms with Crippen LogP contribution in [0, 0.1) is 11.8 Å². The summed E-state index contributed by atoms with van der Waals surface area (Å²) in [4.78, 5) is 14.5. The molecule has 1 aromatic carbocycles. The Balaban J connectivity index is 1.95. The Morgan fingerprint density at radius 3 is 2.67 bits per heavy atom. The summed E-state index contributed by atoms with van der Waals surface area (Å²) >= 11 is 0. The lowest BCUT2D eigenvalue weighted by molar-refractivity contribution is -0.126. The number of amides is 1. The van der Waals surface area contributed by atoms with E-state index in [0.717, 1.165) is 25.8 Å². The van der Waals surface area contributed by atoms with Crippen LogP contribution in [0.1, 0.15) is 30.4 Å². The predicted molar refractivity (Wildman–Crippen MR) is 85.6 cm³/mol. The molecule has 0 heterocycles. The Morgan fingerprint density at radius 1 is 1.29 bits per heavy atom. The van der Waals surface area contributed by atoms with Crippen molar-refractivity contribution < 1.29 is 4.79 Å². The molecule has 1 aromatic rings. The highest BCUT2D eigenvalue weighted by Crippen LogP contribution is 2.31. The number of rotatable bonds is 6. The van der Waals surface area contributed by atoms with Gasteiger partial charge in [0.25, 0.3) is 0 Å². The van der Waals surface area contributed by atoms with E-state index in [-0.39, 0.29) is 11.8 Å². The molecule has 0 aliphatic heterocycles. The molecule has 2 atom stereocenters. The average Bonchev–Trinajstić information content (AvgIpc) is 2.94. The maximum Gasteiger partial charge on any atom is 0.223 e. The van der Waals surface area contributed by atoms with Crippen LogP contribution in [0.2, 0.25) is 0 Å². The van der Waals surface area contributed by atoms with Gasteiger partial charge in [-0.05, 0) is 50.5 Å². The van der Waals surface area contributed by atoms with E-state index in [0.29, 0.717) is 19.0 Å². The smallest absolute Gasteiger partial charge is 0.223 e. The molecule has 0 spiro atoms. The van der Waals surface area contributed by atoms with Gasteiger partial charge in [-0.1, -0.05) is 30.7 Å². The fraction of sp³-hybridized carbons (Fsp3) is 0.588. The summed E-state index contributed by atoms with van der Waals surface area (Å²) in [5.41, 5.74) is 8.23. The van der Waals surface area contributed by atoms with Gasteiger partial charge < -0.3 is 16.0 Å². The first-order valence-corrected chi connectivity index (χ1v) is 7.81. The highest BCUT2D eigenvalue weighted by Gasteiger charge is 2.31. The zero-order chi connectivity index (χ0) is 15.2. The van der Waals surface area contributed by atoms with Gasteiger partial charge in [-0.25, -0.2) is 0 Å². The van der Waals surface area contributed by atoms with E-state index in [1.54, 1.807) is 0 Å². The summed E-state index contributed by atoms with van der Waals surface area (Å²) in [6.45, 7) is 2.12. The lowest BCUT2D eigenvalue weighted by atomic mass is 9.95. The fourth-order valence-electron chi connectivity index (χ4n) is 3.20. The van der Waals surface area contributed by atoms with Crippen LogP contribution in [0.3, 0.4) is 0 Å². The summed E-state index contributed by atoms with van der Waals surface area (Å²) in [5, 5.41) is 3.11. The molecule has 1 saturated carbocycles. The van der Waals surface area contributed by atoms with Crippen LogP contribution in [-0.4, -0.2) is 31.4 Å². The zero-order valence-electron chi connectivity index (χ0n) is 13.1. The van der Waals surface area contributed by atoms with Crippen LogP contribution in [0.5, 0.6) is 0 Å². The van der Waals surface area contributed by atoms with Gasteiger partial charge in [-0.2, -0.15) is 0 Å². The summed E-state index contributed by atoms with van der Waals surface area (Å²) < 4.78 is 0. The van der Waals surface area contributed by atoms with Crippen molar-refractivity contribution in [1.29, 1.82) is 0 Å². The number of nitrogens with two attached hydrogens (primary N) is 1. The fourth-order valence-corrected chi connectivity index (χ4v) is 3.20. The molecular formula is C17H27N3O. The molecular weight excluding hydrogens is 262 g/mol. The highest BCUT2D eigenvalue weighted by molar-refractivity contribution is 5.79. The monoisotopic (exact) mass is 289 g/mol. The maximum atomic E-state index is 12.3.